The molecule has 4 aromatic rings. The first-order chi connectivity index (χ1) is 17.7. The quantitative estimate of drug-likeness (QED) is 0.324. The second-order valence-corrected chi connectivity index (χ2v) is 10.3. The monoisotopic (exact) mass is 518 g/mol. The second-order valence-electron chi connectivity index (χ2n) is 9.86. The van der Waals surface area contributed by atoms with Crippen molar-refractivity contribution in [3.8, 4) is 5.69 Å². The maximum atomic E-state index is 13.4. The van der Waals surface area contributed by atoms with Gasteiger partial charge in [-0.05, 0) is 35.0 Å². The van der Waals surface area contributed by atoms with Gasteiger partial charge in [0.25, 0.3) is 5.91 Å². The van der Waals surface area contributed by atoms with Crippen LogP contribution < -0.4 is 5.32 Å². The van der Waals surface area contributed by atoms with Crippen molar-refractivity contribution in [2.24, 2.45) is 0 Å². The van der Waals surface area contributed by atoms with Crippen LogP contribution in [0.25, 0.3) is 16.5 Å². The first kappa shape index (κ1) is 26.4. The SMILES string of the molecule is COCCN(CC(=O)Nc1cc(C(C)(C)C)nn1-c1ccccc1Cl)C(=O)c1ccc2ccccc2c1. The first-order valence-corrected chi connectivity index (χ1v) is 12.5. The Kier molecular flexibility index (Phi) is 7.95. The van der Waals surface area contributed by atoms with Crippen LogP contribution in [0.2, 0.25) is 5.02 Å². The van der Waals surface area contributed by atoms with Gasteiger partial charge in [0.15, 0.2) is 0 Å². The van der Waals surface area contributed by atoms with Gasteiger partial charge in [0.2, 0.25) is 5.91 Å². The minimum Gasteiger partial charge on any atom is -0.383 e. The molecule has 4 rings (SSSR count). The number of amides is 2. The summed E-state index contributed by atoms with van der Waals surface area (Å²) in [5, 5.41) is 10.2. The van der Waals surface area contributed by atoms with Gasteiger partial charge in [-0.1, -0.05) is 74.8 Å². The zero-order valence-electron chi connectivity index (χ0n) is 21.5. The van der Waals surface area contributed by atoms with E-state index in [0.717, 1.165) is 16.5 Å². The Morgan fingerprint density at radius 3 is 2.41 bits per heavy atom. The highest BCUT2D eigenvalue weighted by atomic mass is 35.5. The minimum atomic E-state index is -0.348. The lowest BCUT2D eigenvalue weighted by atomic mass is 9.92. The van der Waals surface area contributed by atoms with Gasteiger partial charge in [-0.2, -0.15) is 5.10 Å². The van der Waals surface area contributed by atoms with Crippen molar-refractivity contribution < 1.29 is 14.3 Å². The Bertz CT molecular complexity index is 1420. The predicted molar refractivity (Wildman–Crippen MR) is 148 cm³/mol. The summed E-state index contributed by atoms with van der Waals surface area (Å²) in [4.78, 5) is 28.1. The van der Waals surface area contributed by atoms with Gasteiger partial charge in [0, 0.05) is 30.7 Å². The van der Waals surface area contributed by atoms with E-state index in [1.807, 2.05) is 81.4 Å². The van der Waals surface area contributed by atoms with Crippen LogP contribution in [-0.4, -0.2) is 53.3 Å². The molecule has 3 aromatic carbocycles. The fourth-order valence-electron chi connectivity index (χ4n) is 3.96. The third-order valence-corrected chi connectivity index (χ3v) is 6.33. The van der Waals surface area contributed by atoms with Crippen molar-refractivity contribution in [1.82, 2.24) is 14.7 Å². The Morgan fingerprint density at radius 1 is 1.00 bits per heavy atom. The lowest BCUT2D eigenvalue weighted by molar-refractivity contribution is -0.117. The lowest BCUT2D eigenvalue weighted by Crippen LogP contribution is -2.40. The molecule has 0 aliphatic carbocycles. The fourth-order valence-corrected chi connectivity index (χ4v) is 4.17. The first-order valence-electron chi connectivity index (χ1n) is 12.1. The molecular weight excluding hydrogens is 488 g/mol. The predicted octanol–water partition coefficient (Wildman–Crippen LogP) is 5.70. The van der Waals surface area contributed by atoms with Gasteiger partial charge in [-0.3, -0.25) is 9.59 Å². The second kappa shape index (κ2) is 11.2. The van der Waals surface area contributed by atoms with Gasteiger partial charge >= 0.3 is 0 Å². The number of halogens is 1. The average Bonchev–Trinajstić information content (AvgIpc) is 3.30. The number of carbonyl (C=O) groups excluding carboxylic acids is 2. The zero-order chi connectivity index (χ0) is 26.6. The normalized spacial score (nSPS) is 11.5. The largest absolute Gasteiger partial charge is 0.383 e. The van der Waals surface area contributed by atoms with Crippen molar-refractivity contribution >= 4 is 40.0 Å². The molecule has 0 fully saturated rings. The maximum absolute atomic E-state index is 13.4. The van der Waals surface area contributed by atoms with Gasteiger partial charge in [0.1, 0.15) is 12.4 Å². The molecule has 0 unspecified atom stereocenters. The van der Waals surface area contributed by atoms with E-state index in [9.17, 15) is 9.59 Å². The molecule has 0 spiro atoms. The van der Waals surface area contributed by atoms with Crippen LogP contribution >= 0.6 is 11.6 Å². The highest BCUT2D eigenvalue weighted by molar-refractivity contribution is 6.32. The van der Waals surface area contributed by atoms with E-state index in [1.54, 1.807) is 23.9 Å². The third-order valence-electron chi connectivity index (χ3n) is 6.01. The Morgan fingerprint density at radius 2 is 1.70 bits per heavy atom. The Balaban J connectivity index is 1.59. The van der Waals surface area contributed by atoms with Crippen LogP contribution in [0.3, 0.4) is 0 Å². The van der Waals surface area contributed by atoms with Gasteiger partial charge < -0.3 is 15.0 Å². The van der Waals surface area contributed by atoms with Crippen molar-refractivity contribution in [3.05, 3.63) is 89.1 Å². The number of aromatic nitrogens is 2. The van der Waals surface area contributed by atoms with Crippen molar-refractivity contribution in [2.75, 3.05) is 32.1 Å². The van der Waals surface area contributed by atoms with E-state index in [1.165, 1.54) is 4.90 Å². The Hall–Kier alpha value is -3.68. The molecule has 0 aliphatic rings. The van der Waals surface area contributed by atoms with Crippen LogP contribution in [0.5, 0.6) is 0 Å². The van der Waals surface area contributed by atoms with Gasteiger partial charge in [0.05, 0.1) is 23.0 Å². The number of hydrogen-bond donors (Lipinski definition) is 1. The number of anilines is 1. The van der Waals surface area contributed by atoms with Crippen molar-refractivity contribution in [2.45, 2.75) is 26.2 Å². The number of fused-ring (bicyclic) bond motifs is 1. The van der Waals surface area contributed by atoms with E-state index < -0.39 is 0 Å². The molecule has 37 heavy (non-hydrogen) atoms. The summed E-state index contributed by atoms with van der Waals surface area (Å²) in [6.07, 6.45) is 0. The Labute approximate surface area is 222 Å². The lowest BCUT2D eigenvalue weighted by Gasteiger charge is -2.22. The maximum Gasteiger partial charge on any atom is 0.254 e. The summed E-state index contributed by atoms with van der Waals surface area (Å²) < 4.78 is 6.84. The molecule has 2 amide bonds. The van der Waals surface area contributed by atoms with E-state index in [4.69, 9.17) is 21.4 Å². The minimum absolute atomic E-state index is 0.145. The summed E-state index contributed by atoms with van der Waals surface area (Å²) in [5.41, 5.74) is 1.71. The smallest absolute Gasteiger partial charge is 0.254 e. The molecule has 0 aliphatic heterocycles. The molecule has 0 bridgehead atoms. The van der Waals surface area contributed by atoms with Crippen molar-refractivity contribution in [3.63, 3.8) is 0 Å². The highest BCUT2D eigenvalue weighted by Crippen LogP contribution is 2.29. The van der Waals surface area contributed by atoms with Gasteiger partial charge in [-0.15, -0.1) is 0 Å². The topological polar surface area (TPSA) is 76.5 Å². The fraction of sp³-hybridized carbons (Fsp3) is 0.276. The molecule has 8 heteroatoms. The number of ether oxygens (including phenoxy) is 1. The highest BCUT2D eigenvalue weighted by Gasteiger charge is 2.24. The van der Waals surface area contributed by atoms with E-state index in [-0.39, 0.29) is 30.3 Å². The molecule has 0 radical (unpaired) electrons. The van der Waals surface area contributed by atoms with E-state index in [2.05, 4.69) is 5.32 Å². The molecule has 0 saturated carbocycles. The van der Waals surface area contributed by atoms with Crippen LogP contribution in [0, 0.1) is 0 Å². The van der Waals surface area contributed by atoms with Crippen LogP contribution in [0.4, 0.5) is 5.82 Å². The number of rotatable bonds is 8. The molecule has 0 atom stereocenters. The molecule has 1 N–H and O–H groups in total. The number of nitrogens with zero attached hydrogens (tertiary/aromatic N) is 3. The van der Waals surface area contributed by atoms with Crippen LogP contribution in [0.1, 0.15) is 36.8 Å². The van der Waals surface area contributed by atoms with Gasteiger partial charge in [-0.25, -0.2) is 4.68 Å². The summed E-state index contributed by atoms with van der Waals surface area (Å²) >= 11 is 6.44. The molecule has 7 nitrogen and oxygen atoms in total. The number of hydrogen-bond acceptors (Lipinski definition) is 4. The van der Waals surface area contributed by atoms with E-state index >= 15 is 0 Å². The van der Waals surface area contributed by atoms with E-state index in [0.29, 0.717) is 28.7 Å². The molecule has 1 aromatic heterocycles. The summed E-state index contributed by atoms with van der Waals surface area (Å²) in [6, 6.07) is 22.5. The standard InChI is InChI=1S/C29H31ClN4O3/c1-29(2,3)25-18-26(34(32-25)24-12-8-7-11-23(24)30)31-27(35)19-33(15-16-37-4)28(36)22-14-13-20-9-5-6-10-21(20)17-22/h5-14,17-18H,15-16,19H2,1-4H3,(H,31,35). The average molecular weight is 519 g/mol. The van der Waals surface area contributed by atoms with Crippen molar-refractivity contribution in [1.29, 1.82) is 0 Å². The van der Waals surface area contributed by atoms with Crippen LogP contribution in [0.15, 0.2) is 72.8 Å². The molecule has 1 heterocycles. The number of carbonyl (C=O) groups is 2. The number of para-hydroxylation sites is 1. The van der Waals surface area contributed by atoms with Crippen LogP contribution in [-0.2, 0) is 14.9 Å². The number of methoxy groups -OCH3 is 1. The molecule has 0 saturated heterocycles. The summed E-state index contributed by atoms with van der Waals surface area (Å²) in [5.74, 6) is -0.111. The third kappa shape index (κ3) is 6.18. The summed E-state index contributed by atoms with van der Waals surface area (Å²) in [6.45, 7) is 6.57. The zero-order valence-corrected chi connectivity index (χ0v) is 22.2. The molecular formula is C29H31ClN4O3. The number of nitrogens with one attached hydrogen (secondary N) is 1. The summed E-state index contributed by atoms with van der Waals surface area (Å²) in [7, 11) is 1.56. The molecule has 192 valence electrons. The number of benzene rings is 3.